The third kappa shape index (κ3) is 2.22. The molecule has 0 aromatic heterocycles. The van der Waals surface area contributed by atoms with Gasteiger partial charge in [0.25, 0.3) is 0 Å². The maximum atomic E-state index is 5.75. The van der Waals surface area contributed by atoms with Crippen LogP contribution in [0.3, 0.4) is 0 Å². The van der Waals surface area contributed by atoms with Crippen molar-refractivity contribution < 1.29 is 9.47 Å². The normalized spacial score (nSPS) is 23.6. The first kappa shape index (κ1) is 11.1. The zero-order chi connectivity index (χ0) is 11.5. The van der Waals surface area contributed by atoms with Gasteiger partial charge in [0, 0.05) is 24.9 Å². The minimum absolute atomic E-state index is 0.410. The van der Waals surface area contributed by atoms with Crippen LogP contribution >= 0.6 is 0 Å². The van der Waals surface area contributed by atoms with Gasteiger partial charge in [-0.15, -0.1) is 0 Å². The highest BCUT2D eigenvalue weighted by molar-refractivity contribution is 5.61. The summed E-state index contributed by atoms with van der Waals surface area (Å²) in [6.45, 7) is 0. The molecule has 0 bridgehead atoms. The van der Waals surface area contributed by atoms with Crippen LogP contribution in [0.25, 0.3) is 0 Å². The summed E-state index contributed by atoms with van der Waals surface area (Å²) in [4.78, 5) is 0. The molecule has 1 aromatic rings. The summed E-state index contributed by atoms with van der Waals surface area (Å²) in [7, 11) is 3.38. The minimum Gasteiger partial charge on any atom is -0.495 e. The van der Waals surface area contributed by atoms with E-state index in [1.807, 2.05) is 18.2 Å². The first-order chi connectivity index (χ1) is 7.72. The van der Waals surface area contributed by atoms with E-state index in [2.05, 4.69) is 5.32 Å². The van der Waals surface area contributed by atoms with Gasteiger partial charge < -0.3 is 20.5 Å². The van der Waals surface area contributed by atoms with Gasteiger partial charge in [-0.1, -0.05) is 0 Å². The average Bonchev–Trinajstić information content (AvgIpc) is 2.25. The topological polar surface area (TPSA) is 56.5 Å². The number of benzene rings is 1. The van der Waals surface area contributed by atoms with Gasteiger partial charge >= 0.3 is 0 Å². The smallest absolute Gasteiger partial charge is 0.143 e. The van der Waals surface area contributed by atoms with E-state index < -0.39 is 0 Å². The summed E-state index contributed by atoms with van der Waals surface area (Å²) in [6, 6.07) is 6.25. The molecule has 2 rings (SSSR count). The Labute approximate surface area is 95.7 Å². The van der Waals surface area contributed by atoms with Crippen LogP contribution in [0.4, 0.5) is 11.4 Å². The third-order valence-electron chi connectivity index (χ3n) is 3.03. The monoisotopic (exact) mass is 222 g/mol. The molecule has 4 nitrogen and oxygen atoms in total. The summed E-state index contributed by atoms with van der Waals surface area (Å²) >= 11 is 0. The minimum atomic E-state index is 0.410. The van der Waals surface area contributed by atoms with E-state index in [0.29, 0.717) is 23.6 Å². The van der Waals surface area contributed by atoms with E-state index in [9.17, 15) is 0 Å². The fourth-order valence-electron chi connectivity index (χ4n) is 1.91. The van der Waals surface area contributed by atoms with Crippen LogP contribution in [-0.2, 0) is 4.74 Å². The van der Waals surface area contributed by atoms with Crippen molar-refractivity contribution in [1.29, 1.82) is 0 Å². The van der Waals surface area contributed by atoms with Gasteiger partial charge in [0.15, 0.2) is 0 Å². The Morgan fingerprint density at radius 3 is 2.69 bits per heavy atom. The molecule has 88 valence electrons. The Kier molecular flexibility index (Phi) is 3.19. The molecule has 1 aliphatic carbocycles. The molecule has 0 amide bonds. The summed E-state index contributed by atoms with van der Waals surface area (Å²) in [5.41, 5.74) is 7.46. The van der Waals surface area contributed by atoms with Gasteiger partial charge in [-0.05, 0) is 25.0 Å². The molecule has 0 radical (unpaired) electrons. The highest BCUT2D eigenvalue weighted by atomic mass is 16.5. The lowest BCUT2D eigenvalue weighted by Crippen LogP contribution is -2.40. The van der Waals surface area contributed by atoms with E-state index in [1.165, 1.54) is 0 Å². The molecule has 4 heteroatoms. The van der Waals surface area contributed by atoms with Crippen molar-refractivity contribution >= 4 is 11.4 Å². The van der Waals surface area contributed by atoms with Crippen LogP contribution in [0.1, 0.15) is 12.8 Å². The van der Waals surface area contributed by atoms with E-state index in [-0.39, 0.29) is 0 Å². The Bertz CT molecular complexity index is 362. The number of methoxy groups -OCH3 is 2. The standard InChI is InChI=1S/C12H18N2O2/c1-15-10-5-9(6-10)14-8-3-4-11(13)12(7-8)16-2/h3-4,7,9-10,14H,5-6,13H2,1-2H3. The highest BCUT2D eigenvalue weighted by Crippen LogP contribution is 2.29. The maximum Gasteiger partial charge on any atom is 0.143 e. The van der Waals surface area contributed by atoms with Crippen LogP contribution < -0.4 is 15.8 Å². The summed E-state index contributed by atoms with van der Waals surface area (Å²) in [5.74, 6) is 0.715. The van der Waals surface area contributed by atoms with Crippen molar-refractivity contribution in [1.82, 2.24) is 0 Å². The second kappa shape index (κ2) is 4.61. The van der Waals surface area contributed by atoms with Gasteiger partial charge in [-0.2, -0.15) is 0 Å². The Balaban J connectivity index is 1.95. The SMILES string of the molecule is COc1cc(NC2CC(OC)C2)ccc1N. The molecule has 16 heavy (non-hydrogen) atoms. The molecule has 1 aromatic carbocycles. The highest BCUT2D eigenvalue weighted by Gasteiger charge is 2.28. The lowest BCUT2D eigenvalue weighted by Gasteiger charge is -2.35. The van der Waals surface area contributed by atoms with Gasteiger partial charge in [-0.3, -0.25) is 0 Å². The van der Waals surface area contributed by atoms with Crippen LogP contribution in [0.2, 0.25) is 0 Å². The fourth-order valence-corrected chi connectivity index (χ4v) is 1.91. The van der Waals surface area contributed by atoms with Gasteiger partial charge in [0.1, 0.15) is 5.75 Å². The molecule has 0 aliphatic heterocycles. The lowest BCUT2D eigenvalue weighted by atomic mass is 9.89. The number of hydrogen-bond donors (Lipinski definition) is 2. The molecule has 0 spiro atoms. The molecule has 0 heterocycles. The van der Waals surface area contributed by atoms with Crippen molar-refractivity contribution in [3.63, 3.8) is 0 Å². The number of nitrogens with two attached hydrogens (primary N) is 1. The van der Waals surface area contributed by atoms with E-state index >= 15 is 0 Å². The number of ether oxygens (including phenoxy) is 2. The Hall–Kier alpha value is -1.42. The van der Waals surface area contributed by atoms with E-state index in [0.717, 1.165) is 18.5 Å². The quantitative estimate of drug-likeness (QED) is 0.763. The molecular weight excluding hydrogens is 204 g/mol. The third-order valence-corrected chi connectivity index (χ3v) is 3.03. The molecule has 0 atom stereocenters. The van der Waals surface area contributed by atoms with Gasteiger partial charge in [0.2, 0.25) is 0 Å². The van der Waals surface area contributed by atoms with Crippen LogP contribution in [-0.4, -0.2) is 26.4 Å². The molecular formula is C12H18N2O2. The molecule has 0 saturated heterocycles. The van der Waals surface area contributed by atoms with Crippen LogP contribution in [0, 0.1) is 0 Å². The molecule has 1 saturated carbocycles. The predicted octanol–water partition coefficient (Wildman–Crippen LogP) is 1.87. The number of rotatable bonds is 4. The van der Waals surface area contributed by atoms with Crippen molar-refractivity contribution in [3.8, 4) is 5.75 Å². The first-order valence-electron chi connectivity index (χ1n) is 5.45. The first-order valence-corrected chi connectivity index (χ1v) is 5.45. The van der Waals surface area contributed by atoms with Gasteiger partial charge in [-0.25, -0.2) is 0 Å². The lowest BCUT2D eigenvalue weighted by molar-refractivity contribution is 0.0329. The molecule has 1 fully saturated rings. The molecule has 0 unspecified atom stereocenters. The zero-order valence-electron chi connectivity index (χ0n) is 9.69. The van der Waals surface area contributed by atoms with Crippen molar-refractivity contribution in [2.45, 2.75) is 25.0 Å². The molecule has 3 N–H and O–H groups in total. The van der Waals surface area contributed by atoms with E-state index in [1.54, 1.807) is 14.2 Å². The fraction of sp³-hybridized carbons (Fsp3) is 0.500. The number of nitrogens with one attached hydrogen (secondary N) is 1. The zero-order valence-corrected chi connectivity index (χ0v) is 9.69. The summed E-state index contributed by atoms with van der Waals surface area (Å²) in [6.07, 6.45) is 2.53. The second-order valence-electron chi connectivity index (χ2n) is 4.13. The maximum absolute atomic E-state index is 5.75. The van der Waals surface area contributed by atoms with Crippen molar-refractivity contribution in [2.24, 2.45) is 0 Å². The summed E-state index contributed by atoms with van der Waals surface area (Å²) in [5, 5.41) is 3.43. The largest absolute Gasteiger partial charge is 0.495 e. The average molecular weight is 222 g/mol. The number of hydrogen-bond acceptors (Lipinski definition) is 4. The molecule has 1 aliphatic rings. The van der Waals surface area contributed by atoms with E-state index in [4.69, 9.17) is 15.2 Å². The number of anilines is 2. The Morgan fingerprint density at radius 1 is 1.31 bits per heavy atom. The Morgan fingerprint density at radius 2 is 2.06 bits per heavy atom. The number of nitrogen functional groups attached to an aromatic ring is 1. The predicted molar refractivity (Wildman–Crippen MR) is 64.8 cm³/mol. The van der Waals surface area contributed by atoms with Crippen LogP contribution in [0.5, 0.6) is 5.75 Å². The van der Waals surface area contributed by atoms with Gasteiger partial charge in [0.05, 0.1) is 18.9 Å². The second-order valence-corrected chi connectivity index (χ2v) is 4.13. The van der Waals surface area contributed by atoms with Crippen molar-refractivity contribution in [2.75, 3.05) is 25.3 Å². The van der Waals surface area contributed by atoms with Crippen LogP contribution in [0.15, 0.2) is 18.2 Å². The summed E-state index contributed by atoms with van der Waals surface area (Å²) < 4.78 is 10.4. The van der Waals surface area contributed by atoms with Crippen molar-refractivity contribution in [3.05, 3.63) is 18.2 Å².